The van der Waals surface area contributed by atoms with Crippen LogP contribution in [0.15, 0.2) is 30.3 Å². The van der Waals surface area contributed by atoms with E-state index in [0.717, 1.165) is 13.0 Å². The molecule has 0 bridgehead atoms. The minimum atomic E-state index is 0.0154. The molecular weight excluding hydrogens is 224 g/mol. The van der Waals surface area contributed by atoms with Gasteiger partial charge in [-0.3, -0.25) is 4.90 Å². The molecule has 0 radical (unpaired) electrons. The summed E-state index contributed by atoms with van der Waals surface area (Å²) in [7, 11) is 0. The number of likely N-dealkylation sites (tertiary alicyclic amines) is 1. The van der Waals surface area contributed by atoms with Crippen LogP contribution in [0.5, 0.6) is 0 Å². The fourth-order valence-electron chi connectivity index (χ4n) is 3.01. The van der Waals surface area contributed by atoms with Crippen molar-refractivity contribution in [1.82, 2.24) is 4.90 Å². The van der Waals surface area contributed by atoms with Gasteiger partial charge in [-0.1, -0.05) is 36.8 Å². The van der Waals surface area contributed by atoms with Gasteiger partial charge in [-0.15, -0.1) is 0 Å². The van der Waals surface area contributed by atoms with E-state index >= 15 is 0 Å². The molecule has 1 aromatic carbocycles. The Labute approximate surface area is 110 Å². The van der Waals surface area contributed by atoms with Gasteiger partial charge >= 0.3 is 0 Å². The Balaban J connectivity index is 2.26. The standard InChI is InChI=1S/C15H24N2O/c1-15(12-16)9-5-6-10-17(15)14(11-18)13-7-3-2-4-8-13/h2-4,7-8,14,18H,5-6,9-12,16H2,1H3/t14-,15-/m0/s1. The Kier molecular flexibility index (Phi) is 4.38. The smallest absolute Gasteiger partial charge is 0.0628 e. The average Bonchev–Trinajstić information content (AvgIpc) is 2.43. The third-order valence-electron chi connectivity index (χ3n) is 4.23. The predicted molar refractivity (Wildman–Crippen MR) is 74.3 cm³/mol. The summed E-state index contributed by atoms with van der Waals surface area (Å²) < 4.78 is 0. The van der Waals surface area contributed by atoms with Gasteiger partial charge in [0.2, 0.25) is 0 Å². The fourth-order valence-corrected chi connectivity index (χ4v) is 3.01. The van der Waals surface area contributed by atoms with Crippen LogP contribution >= 0.6 is 0 Å². The second kappa shape index (κ2) is 5.83. The molecular formula is C15H24N2O. The third kappa shape index (κ3) is 2.58. The third-order valence-corrected chi connectivity index (χ3v) is 4.23. The molecule has 2 atom stereocenters. The van der Waals surface area contributed by atoms with Crippen molar-refractivity contribution < 1.29 is 5.11 Å². The summed E-state index contributed by atoms with van der Waals surface area (Å²) in [6.07, 6.45) is 3.54. The maximum absolute atomic E-state index is 9.78. The topological polar surface area (TPSA) is 49.5 Å². The van der Waals surface area contributed by atoms with Gasteiger partial charge in [-0.05, 0) is 31.9 Å². The molecule has 1 fully saturated rings. The van der Waals surface area contributed by atoms with E-state index < -0.39 is 0 Å². The van der Waals surface area contributed by atoms with E-state index in [9.17, 15) is 5.11 Å². The highest BCUT2D eigenvalue weighted by molar-refractivity contribution is 5.20. The number of hydrogen-bond acceptors (Lipinski definition) is 3. The molecule has 3 nitrogen and oxygen atoms in total. The molecule has 3 N–H and O–H groups in total. The van der Waals surface area contributed by atoms with Gasteiger partial charge in [0.25, 0.3) is 0 Å². The highest BCUT2D eigenvalue weighted by Gasteiger charge is 2.37. The van der Waals surface area contributed by atoms with E-state index in [1.165, 1.54) is 18.4 Å². The van der Waals surface area contributed by atoms with Crippen molar-refractivity contribution in [3.8, 4) is 0 Å². The quantitative estimate of drug-likeness (QED) is 0.856. The van der Waals surface area contributed by atoms with Gasteiger partial charge in [0.15, 0.2) is 0 Å². The summed E-state index contributed by atoms with van der Waals surface area (Å²) in [6, 6.07) is 10.3. The van der Waals surface area contributed by atoms with Crippen LogP contribution in [0, 0.1) is 0 Å². The number of aliphatic hydroxyl groups is 1. The average molecular weight is 248 g/mol. The van der Waals surface area contributed by atoms with Crippen LogP contribution in [-0.4, -0.2) is 35.2 Å². The van der Waals surface area contributed by atoms with Gasteiger partial charge in [-0.25, -0.2) is 0 Å². The molecule has 1 aromatic rings. The first-order valence-electron chi connectivity index (χ1n) is 6.84. The molecule has 0 unspecified atom stereocenters. The number of aliphatic hydroxyl groups excluding tert-OH is 1. The second-order valence-electron chi connectivity index (χ2n) is 5.46. The van der Waals surface area contributed by atoms with E-state index in [-0.39, 0.29) is 18.2 Å². The number of nitrogens with zero attached hydrogens (tertiary/aromatic N) is 1. The van der Waals surface area contributed by atoms with Crippen LogP contribution in [0.4, 0.5) is 0 Å². The van der Waals surface area contributed by atoms with Gasteiger partial charge in [0, 0.05) is 12.1 Å². The van der Waals surface area contributed by atoms with E-state index in [0.29, 0.717) is 6.54 Å². The lowest BCUT2D eigenvalue weighted by Crippen LogP contribution is -2.56. The maximum atomic E-state index is 9.78. The molecule has 1 aliphatic rings. The molecule has 0 amide bonds. The van der Waals surface area contributed by atoms with Gasteiger partial charge in [0.1, 0.15) is 0 Å². The lowest BCUT2D eigenvalue weighted by molar-refractivity contribution is 0.00150. The first kappa shape index (κ1) is 13.5. The Morgan fingerprint density at radius 1 is 1.33 bits per heavy atom. The zero-order valence-corrected chi connectivity index (χ0v) is 11.2. The van der Waals surface area contributed by atoms with Crippen LogP contribution in [0.1, 0.15) is 37.8 Å². The number of hydrogen-bond donors (Lipinski definition) is 2. The molecule has 1 heterocycles. The number of rotatable bonds is 4. The minimum Gasteiger partial charge on any atom is -0.394 e. The number of piperidine rings is 1. The van der Waals surface area contributed by atoms with Crippen LogP contribution in [0.25, 0.3) is 0 Å². The summed E-state index contributed by atoms with van der Waals surface area (Å²) in [4.78, 5) is 2.39. The minimum absolute atomic E-state index is 0.0154. The van der Waals surface area contributed by atoms with Crippen molar-refractivity contribution >= 4 is 0 Å². The molecule has 18 heavy (non-hydrogen) atoms. The van der Waals surface area contributed by atoms with Gasteiger partial charge in [-0.2, -0.15) is 0 Å². The van der Waals surface area contributed by atoms with E-state index in [2.05, 4.69) is 24.0 Å². The monoisotopic (exact) mass is 248 g/mol. The van der Waals surface area contributed by atoms with Crippen molar-refractivity contribution in [1.29, 1.82) is 0 Å². The molecule has 1 saturated heterocycles. The Bertz CT molecular complexity index is 368. The highest BCUT2D eigenvalue weighted by Crippen LogP contribution is 2.34. The number of benzene rings is 1. The van der Waals surface area contributed by atoms with Gasteiger partial charge in [0.05, 0.1) is 12.6 Å². The predicted octanol–water partition coefficient (Wildman–Crippen LogP) is 1.92. The maximum Gasteiger partial charge on any atom is 0.0628 e. The molecule has 0 spiro atoms. The molecule has 1 aliphatic heterocycles. The number of nitrogens with two attached hydrogens (primary N) is 1. The summed E-state index contributed by atoms with van der Waals surface area (Å²) in [6.45, 7) is 4.04. The molecule has 0 aromatic heterocycles. The van der Waals surface area contributed by atoms with Crippen LogP contribution < -0.4 is 5.73 Å². The summed E-state index contributed by atoms with van der Waals surface area (Å²) in [5.41, 5.74) is 7.17. The van der Waals surface area contributed by atoms with Crippen LogP contribution in [-0.2, 0) is 0 Å². The van der Waals surface area contributed by atoms with Crippen molar-refractivity contribution in [3.63, 3.8) is 0 Å². The zero-order chi connectivity index (χ0) is 13.0. The van der Waals surface area contributed by atoms with E-state index in [1.807, 2.05) is 18.2 Å². The van der Waals surface area contributed by atoms with E-state index in [4.69, 9.17) is 5.73 Å². The SMILES string of the molecule is C[C@@]1(CN)CCCCN1[C@@H](CO)c1ccccc1. The highest BCUT2D eigenvalue weighted by atomic mass is 16.3. The molecule has 3 heteroatoms. The van der Waals surface area contributed by atoms with Crippen molar-refractivity contribution in [2.24, 2.45) is 5.73 Å². The summed E-state index contributed by atoms with van der Waals surface area (Å²) in [5.74, 6) is 0. The first-order valence-corrected chi connectivity index (χ1v) is 6.84. The Morgan fingerprint density at radius 2 is 2.06 bits per heavy atom. The largest absolute Gasteiger partial charge is 0.394 e. The summed E-state index contributed by atoms with van der Waals surface area (Å²) in [5, 5.41) is 9.78. The fraction of sp³-hybridized carbons (Fsp3) is 0.600. The van der Waals surface area contributed by atoms with Gasteiger partial charge < -0.3 is 10.8 Å². The summed E-state index contributed by atoms with van der Waals surface area (Å²) >= 11 is 0. The van der Waals surface area contributed by atoms with Crippen LogP contribution in [0.2, 0.25) is 0 Å². The normalized spacial score (nSPS) is 27.1. The Hall–Kier alpha value is -0.900. The lowest BCUT2D eigenvalue weighted by Gasteiger charge is -2.48. The van der Waals surface area contributed by atoms with Crippen LogP contribution in [0.3, 0.4) is 0 Å². The van der Waals surface area contributed by atoms with Crippen molar-refractivity contribution in [2.45, 2.75) is 37.8 Å². The first-order chi connectivity index (χ1) is 8.71. The van der Waals surface area contributed by atoms with E-state index in [1.54, 1.807) is 0 Å². The molecule has 2 rings (SSSR count). The second-order valence-corrected chi connectivity index (χ2v) is 5.46. The van der Waals surface area contributed by atoms with Crippen molar-refractivity contribution in [2.75, 3.05) is 19.7 Å². The molecule has 0 saturated carbocycles. The zero-order valence-electron chi connectivity index (χ0n) is 11.2. The van der Waals surface area contributed by atoms with Crippen molar-refractivity contribution in [3.05, 3.63) is 35.9 Å². The molecule has 100 valence electrons. The lowest BCUT2D eigenvalue weighted by atomic mass is 9.86. The molecule has 0 aliphatic carbocycles. The Morgan fingerprint density at radius 3 is 2.67 bits per heavy atom.